The van der Waals surface area contributed by atoms with E-state index in [1.54, 1.807) is 0 Å². The summed E-state index contributed by atoms with van der Waals surface area (Å²) in [4.78, 5) is 0. The smallest absolute Gasteiger partial charge is 0.145 e. The summed E-state index contributed by atoms with van der Waals surface area (Å²) in [5.41, 5.74) is 1.09. The van der Waals surface area contributed by atoms with Crippen molar-refractivity contribution in [2.75, 3.05) is 0 Å². The highest BCUT2D eigenvalue weighted by atomic mass is 79.9. The number of aliphatic hydroxyl groups is 1. The lowest BCUT2D eigenvalue weighted by atomic mass is 10.1. The molecule has 0 aliphatic carbocycles. The molecule has 0 saturated heterocycles. The Balaban J connectivity index is 2.69. The monoisotopic (exact) mass is 370 g/mol. The van der Waals surface area contributed by atoms with Gasteiger partial charge in [-0.3, -0.25) is 0 Å². The van der Waals surface area contributed by atoms with Gasteiger partial charge in [-0.05, 0) is 5.56 Å². The Bertz CT molecular complexity index is 259. The summed E-state index contributed by atoms with van der Waals surface area (Å²) in [6.45, 7) is 0. The second-order valence-corrected chi connectivity index (χ2v) is 7.21. The molecule has 1 N–H and O–H groups in total. The van der Waals surface area contributed by atoms with Crippen molar-refractivity contribution in [2.24, 2.45) is 0 Å². The fourth-order valence-corrected chi connectivity index (χ4v) is 1.61. The van der Waals surface area contributed by atoms with Crippen molar-refractivity contribution in [3.63, 3.8) is 0 Å². The maximum Gasteiger partial charge on any atom is 0.145 e. The predicted molar refractivity (Wildman–Crippen MR) is 65.7 cm³/mol. The van der Waals surface area contributed by atoms with Crippen LogP contribution in [0, 0.1) is 0 Å². The lowest BCUT2D eigenvalue weighted by Gasteiger charge is -2.22. The fourth-order valence-electron chi connectivity index (χ4n) is 0.959. The molecular weight excluding hydrogens is 364 g/mol. The first-order chi connectivity index (χ1) is 6.02. The largest absolute Gasteiger partial charge is 0.376 e. The minimum Gasteiger partial charge on any atom is -0.376 e. The quantitative estimate of drug-likeness (QED) is 0.806. The maximum absolute atomic E-state index is 9.87. The highest BCUT2D eigenvalue weighted by Gasteiger charge is 2.30. The van der Waals surface area contributed by atoms with E-state index in [1.807, 2.05) is 30.3 Å². The van der Waals surface area contributed by atoms with Crippen LogP contribution >= 0.6 is 47.8 Å². The number of alkyl halides is 3. The number of rotatable bonds is 3. The first kappa shape index (κ1) is 11.7. The van der Waals surface area contributed by atoms with E-state index in [1.165, 1.54) is 0 Å². The van der Waals surface area contributed by atoms with Gasteiger partial charge in [-0.2, -0.15) is 0 Å². The van der Waals surface area contributed by atoms with Crippen molar-refractivity contribution < 1.29 is 5.11 Å². The minimum absolute atomic E-state index is 0.173. The van der Waals surface area contributed by atoms with E-state index >= 15 is 0 Å². The van der Waals surface area contributed by atoms with Crippen molar-refractivity contribution >= 4 is 47.8 Å². The Morgan fingerprint density at radius 3 is 2.23 bits per heavy atom. The fraction of sp³-hybridized carbons (Fsp3) is 0.333. The van der Waals surface area contributed by atoms with Gasteiger partial charge in [0.05, 0.1) is 0 Å². The van der Waals surface area contributed by atoms with Gasteiger partial charge in [0.2, 0.25) is 0 Å². The van der Waals surface area contributed by atoms with Crippen LogP contribution in [-0.4, -0.2) is 13.4 Å². The molecule has 0 amide bonds. The third kappa shape index (κ3) is 3.70. The molecule has 0 heterocycles. The van der Waals surface area contributed by atoms with Crippen LogP contribution in [-0.2, 0) is 6.42 Å². The molecule has 0 bridgehead atoms. The van der Waals surface area contributed by atoms with E-state index in [-0.39, 0.29) is 3.74 Å². The second kappa shape index (κ2) is 4.91. The Morgan fingerprint density at radius 2 is 1.77 bits per heavy atom. The number of hydrogen-bond acceptors (Lipinski definition) is 1. The maximum atomic E-state index is 9.87. The number of halogens is 3. The van der Waals surface area contributed by atoms with Crippen LogP contribution in [0.1, 0.15) is 5.56 Å². The van der Waals surface area contributed by atoms with Crippen LogP contribution in [0.25, 0.3) is 0 Å². The van der Waals surface area contributed by atoms with Crippen molar-refractivity contribution in [3.8, 4) is 0 Å². The lowest BCUT2D eigenvalue weighted by molar-refractivity contribution is 0.166. The van der Waals surface area contributed by atoms with Gasteiger partial charge in [0.15, 0.2) is 0 Å². The average molecular weight is 373 g/mol. The van der Waals surface area contributed by atoms with E-state index < -0.39 is 4.51 Å². The third-order valence-electron chi connectivity index (χ3n) is 1.63. The van der Waals surface area contributed by atoms with Crippen molar-refractivity contribution in [2.45, 2.75) is 14.7 Å². The molecule has 72 valence electrons. The molecule has 1 atom stereocenters. The van der Waals surface area contributed by atoms with E-state index in [9.17, 15) is 5.11 Å². The van der Waals surface area contributed by atoms with Gasteiger partial charge in [0.1, 0.15) is 8.25 Å². The van der Waals surface area contributed by atoms with Gasteiger partial charge < -0.3 is 5.11 Å². The molecule has 0 fully saturated rings. The Morgan fingerprint density at radius 1 is 1.23 bits per heavy atom. The lowest BCUT2D eigenvalue weighted by Crippen LogP contribution is -2.30. The molecule has 0 aliphatic rings. The molecular formula is C9H9Br3O. The summed E-state index contributed by atoms with van der Waals surface area (Å²) in [6.07, 6.45) is 0.551. The summed E-state index contributed by atoms with van der Waals surface area (Å²) >= 11 is 9.79. The highest BCUT2D eigenvalue weighted by Crippen LogP contribution is 2.32. The van der Waals surface area contributed by atoms with Crippen LogP contribution < -0.4 is 0 Å². The van der Waals surface area contributed by atoms with Crippen LogP contribution in [0.3, 0.4) is 0 Å². The van der Waals surface area contributed by atoms with E-state index in [0.29, 0.717) is 6.42 Å². The zero-order chi connectivity index (χ0) is 9.90. The first-order valence-electron chi connectivity index (χ1n) is 3.76. The molecule has 0 aromatic heterocycles. The number of hydrogen-bond donors (Lipinski definition) is 1. The van der Waals surface area contributed by atoms with Crippen LogP contribution in [0.4, 0.5) is 0 Å². The van der Waals surface area contributed by atoms with Gasteiger partial charge in [0, 0.05) is 6.42 Å². The van der Waals surface area contributed by atoms with Crippen LogP contribution in [0.15, 0.2) is 30.3 Å². The molecule has 0 saturated carbocycles. The molecule has 1 rings (SSSR count). The van der Waals surface area contributed by atoms with Crippen LogP contribution in [0.5, 0.6) is 0 Å². The molecule has 13 heavy (non-hydrogen) atoms. The summed E-state index contributed by atoms with van der Waals surface area (Å²) < 4.78 is -1.12. The Hall–Kier alpha value is 0.620. The first-order valence-corrected chi connectivity index (χ1v) is 6.38. The van der Waals surface area contributed by atoms with Gasteiger partial charge in [-0.15, -0.1) is 0 Å². The standard InChI is InChI=1S/C9H9Br3O/c10-8(11)9(12,13)6-7-4-2-1-3-5-7/h1-5,8,13H,6H2. The van der Waals surface area contributed by atoms with Crippen LogP contribution in [0.2, 0.25) is 0 Å². The van der Waals surface area contributed by atoms with Gasteiger partial charge >= 0.3 is 0 Å². The third-order valence-corrected chi connectivity index (χ3v) is 5.11. The molecule has 1 unspecified atom stereocenters. The van der Waals surface area contributed by atoms with E-state index in [4.69, 9.17) is 0 Å². The van der Waals surface area contributed by atoms with E-state index in [0.717, 1.165) is 5.56 Å². The SMILES string of the molecule is OC(Br)(Cc1ccccc1)C(Br)Br. The van der Waals surface area contributed by atoms with Gasteiger partial charge in [-0.25, -0.2) is 0 Å². The summed E-state index contributed by atoms with van der Waals surface area (Å²) in [7, 11) is 0. The second-order valence-electron chi connectivity index (χ2n) is 2.78. The molecule has 0 spiro atoms. The predicted octanol–water partition coefficient (Wildman–Crippen LogP) is 3.43. The Kier molecular flexibility index (Phi) is 4.42. The number of benzene rings is 1. The summed E-state index contributed by atoms with van der Waals surface area (Å²) in [5.74, 6) is 0. The highest BCUT2D eigenvalue weighted by molar-refractivity contribution is 9.25. The van der Waals surface area contributed by atoms with Gasteiger partial charge in [0.25, 0.3) is 0 Å². The zero-order valence-electron chi connectivity index (χ0n) is 6.75. The zero-order valence-corrected chi connectivity index (χ0v) is 11.5. The topological polar surface area (TPSA) is 20.2 Å². The Labute approximate surface area is 103 Å². The van der Waals surface area contributed by atoms with Crippen molar-refractivity contribution in [1.29, 1.82) is 0 Å². The minimum atomic E-state index is -0.950. The average Bonchev–Trinajstić information content (AvgIpc) is 2.05. The molecule has 0 radical (unpaired) electrons. The summed E-state index contributed by atoms with van der Waals surface area (Å²) in [5, 5.41) is 9.87. The molecule has 1 nitrogen and oxygen atoms in total. The molecule has 1 aromatic carbocycles. The summed E-state index contributed by atoms with van der Waals surface area (Å²) in [6, 6.07) is 9.82. The van der Waals surface area contributed by atoms with Gasteiger partial charge in [-0.1, -0.05) is 78.1 Å². The van der Waals surface area contributed by atoms with E-state index in [2.05, 4.69) is 47.8 Å². The normalized spacial score (nSPS) is 15.8. The van der Waals surface area contributed by atoms with Crippen molar-refractivity contribution in [3.05, 3.63) is 35.9 Å². The molecule has 4 heteroatoms. The van der Waals surface area contributed by atoms with Crippen molar-refractivity contribution in [1.82, 2.24) is 0 Å². The molecule has 1 aromatic rings. The molecule has 0 aliphatic heterocycles.